The maximum absolute atomic E-state index is 3.00. The van der Waals surface area contributed by atoms with Gasteiger partial charge in [-0.1, -0.05) is 0 Å². The minimum atomic E-state index is 0. The number of rotatable bonds is 0. The molecular weight excluding hydrogens is 169 g/mol. The summed E-state index contributed by atoms with van der Waals surface area (Å²) in [5, 5.41) is 0. The number of hydrogen-bond acceptors (Lipinski definition) is 2. The summed E-state index contributed by atoms with van der Waals surface area (Å²) in [5.41, 5.74) is 0. The Labute approximate surface area is 173 Å². The third-order valence-electron chi connectivity index (χ3n) is 0. The first-order chi connectivity index (χ1) is 1.00. The maximum atomic E-state index is 3.00. The van der Waals surface area contributed by atoms with Crippen molar-refractivity contribution in [1.82, 2.24) is 12.3 Å². The van der Waals surface area contributed by atoms with Gasteiger partial charge in [-0.2, -0.15) is 0 Å². The molecule has 0 aliphatic rings. The van der Waals surface area contributed by atoms with Crippen LogP contribution in [0.15, 0.2) is 13.2 Å². The molecule has 0 aromatic heterocycles. The second-order valence-electron chi connectivity index (χ2n) is 0. The summed E-state index contributed by atoms with van der Waals surface area (Å²) in [6.07, 6.45) is 0. The van der Waals surface area contributed by atoms with Crippen molar-refractivity contribution in [3.8, 4) is 0 Å². The summed E-state index contributed by atoms with van der Waals surface area (Å²) in [6, 6.07) is 0. The molecule has 0 aromatic carbocycles. The van der Waals surface area contributed by atoms with Crippen molar-refractivity contribution < 1.29 is 0 Å². The molecule has 0 saturated heterocycles. The molecule has 0 unspecified atom stereocenters. The fraction of sp³-hybridized carbons (Fsp3) is 0. The van der Waals surface area contributed by atoms with Crippen LogP contribution in [-0.2, 0) is 0 Å². The average molecular weight is 182 g/mol. The molecule has 0 aliphatic carbocycles. The van der Waals surface area contributed by atoms with Gasteiger partial charge in [0.2, 0.25) is 0 Å². The van der Waals surface area contributed by atoms with Gasteiger partial charge in [-0.25, -0.2) is 0 Å². The molecule has 0 bridgehead atoms. The Morgan fingerprint density at radius 3 is 0.571 bits per heavy atom. The van der Waals surface area contributed by atoms with Crippen LogP contribution in [0.5, 0.6) is 0 Å². The Bertz CT molecular complexity index is 10.9. The first kappa shape index (κ1) is 41.7. The third kappa shape index (κ3) is 37.2. The average Bonchev–Trinajstić information content (AvgIpc) is 1.00. The molecule has 2 nitrogen and oxygen atoms in total. The molecule has 6 N–H and O–H groups in total. The molecule has 7 heavy (non-hydrogen) atoms. The van der Waals surface area contributed by atoms with Crippen LogP contribution >= 0.6 is 0 Å². The van der Waals surface area contributed by atoms with Crippen molar-refractivity contribution in [2.24, 2.45) is 0 Å². The van der Waals surface area contributed by atoms with Crippen LogP contribution in [0.3, 0.4) is 0 Å². The van der Waals surface area contributed by atoms with Gasteiger partial charge in [0.25, 0.3) is 0 Å². The molecule has 0 aromatic rings. The zero-order valence-corrected chi connectivity index (χ0v) is 2.83. The SMILES string of the molecule is C=C.N.N.[KH].[KH].[KH]. The standard InChI is InChI=1S/C2H4.3K.2H3N.3H/c1-2;;;;;;;;/h1-2H2;;;;2*1H3;;;. The summed E-state index contributed by atoms with van der Waals surface area (Å²) in [4.78, 5) is 0. The third-order valence-corrected chi connectivity index (χ3v) is 0. The van der Waals surface area contributed by atoms with Gasteiger partial charge < -0.3 is 12.3 Å². The van der Waals surface area contributed by atoms with E-state index in [0.29, 0.717) is 0 Å². The molecule has 0 saturated carbocycles. The molecule has 0 atom stereocenters. The summed E-state index contributed by atoms with van der Waals surface area (Å²) in [7, 11) is 0. The topological polar surface area (TPSA) is 70.0 Å². The Hall–Kier alpha value is 4.57. The zero-order chi connectivity index (χ0) is 2.00. The summed E-state index contributed by atoms with van der Waals surface area (Å²) < 4.78 is 0. The van der Waals surface area contributed by atoms with E-state index >= 15 is 0 Å². The fourth-order valence-corrected chi connectivity index (χ4v) is 0. The Morgan fingerprint density at radius 1 is 0.571 bits per heavy atom. The Balaban J connectivity index is -0.000000000500. The van der Waals surface area contributed by atoms with Crippen molar-refractivity contribution in [2.75, 3.05) is 0 Å². The second-order valence-corrected chi connectivity index (χ2v) is 0. The second kappa shape index (κ2) is 46.4. The van der Waals surface area contributed by atoms with Gasteiger partial charge in [-0.3, -0.25) is 0 Å². The van der Waals surface area contributed by atoms with E-state index in [1.807, 2.05) is 0 Å². The van der Waals surface area contributed by atoms with Crippen LogP contribution in [0.1, 0.15) is 0 Å². The van der Waals surface area contributed by atoms with Crippen LogP contribution in [0.2, 0.25) is 0 Å². The molecule has 0 aliphatic heterocycles. The molecular formula is C2H13K3N2. The summed E-state index contributed by atoms with van der Waals surface area (Å²) >= 11 is 0. The predicted molar refractivity (Wildman–Crippen MR) is 42.7 cm³/mol. The van der Waals surface area contributed by atoms with Crippen molar-refractivity contribution in [1.29, 1.82) is 0 Å². The minimum absolute atomic E-state index is 0. The molecule has 5 heteroatoms. The monoisotopic (exact) mass is 182 g/mol. The Kier molecular flexibility index (Phi) is 276. The van der Waals surface area contributed by atoms with Gasteiger partial charge in [0.05, 0.1) is 0 Å². The first-order valence-corrected chi connectivity index (χ1v) is 0.500. The van der Waals surface area contributed by atoms with E-state index in [4.69, 9.17) is 0 Å². The van der Waals surface area contributed by atoms with Gasteiger partial charge in [-0.15, -0.1) is 13.2 Å². The first-order valence-electron chi connectivity index (χ1n) is 0.500. The molecule has 0 fully saturated rings. The van der Waals surface area contributed by atoms with Crippen LogP contribution in [0.25, 0.3) is 0 Å². The van der Waals surface area contributed by atoms with E-state index in [-0.39, 0.29) is 166 Å². The van der Waals surface area contributed by atoms with E-state index in [9.17, 15) is 0 Å². The van der Waals surface area contributed by atoms with Gasteiger partial charge in [0.15, 0.2) is 0 Å². The Morgan fingerprint density at radius 2 is 0.571 bits per heavy atom. The number of hydrogen-bond donors (Lipinski definition) is 2. The van der Waals surface area contributed by atoms with Crippen molar-refractivity contribution in [3.05, 3.63) is 13.2 Å². The van der Waals surface area contributed by atoms with Gasteiger partial charge in [0, 0.05) is 0 Å². The van der Waals surface area contributed by atoms with Crippen LogP contribution in [0, 0.1) is 0 Å². The fourth-order valence-electron chi connectivity index (χ4n) is 0. The predicted octanol–water partition coefficient (Wildman–Crippen LogP) is -0.819. The van der Waals surface area contributed by atoms with Crippen LogP contribution in [-0.4, -0.2) is 154 Å². The summed E-state index contributed by atoms with van der Waals surface area (Å²) in [5.74, 6) is 0. The molecule has 34 valence electrons. The van der Waals surface area contributed by atoms with E-state index in [1.165, 1.54) is 0 Å². The van der Waals surface area contributed by atoms with E-state index in [2.05, 4.69) is 13.2 Å². The summed E-state index contributed by atoms with van der Waals surface area (Å²) in [6.45, 7) is 6.00. The van der Waals surface area contributed by atoms with Gasteiger partial charge in [0.1, 0.15) is 0 Å². The van der Waals surface area contributed by atoms with Crippen LogP contribution in [0.4, 0.5) is 0 Å². The molecule has 0 rings (SSSR count). The molecule has 0 heterocycles. The van der Waals surface area contributed by atoms with Crippen LogP contribution < -0.4 is 12.3 Å². The van der Waals surface area contributed by atoms with Crippen molar-refractivity contribution >= 4 is 154 Å². The van der Waals surface area contributed by atoms with Crippen molar-refractivity contribution in [3.63, 3.8) is 0 Å². The molecule has 0 radical (unpaired) electrons. The zero-order valence-electron chi connectivity index (χ0n) is 2.83. The molecule has 0 amide bonds. The van der Waals surface area contributed by atoms with E-state index in [0.717, 1.165) is 0 Å². The quantitative estimate of drug-likeness (QED) is 0.380. The van der Waals surface area contributed by atoms with Gasteiger partial charge in [-0.05, 0) is 0 Å². The van der Waals surface area contributed by atoms with Gasteiger partial charge >= 0.3 is 154 Å². The van der Waals surface area contributed by atoms with E-state index < -0.39 is 0 Å². The van der Waals surface area contributed by atoms with Crippen molar-refractivity contribution in [2.45, 2.75) is 0 Å². The normalized spacial score (nSPS) is 0.571. The molecule has 0 spiro atoms. The van der Waals surface area contributed by atoms with E-state index in [1.54, 1.807) is 0 Å².